The zero-order valence-electron chi connectivity index (χ0n) is 7.68. The summed E-state index contributed by atoms with van der Waals surface area (Å²) in [7, 11) is 0. The molecule has 0 spiro atoms. The fourth-order valence-electron chi connectivity index (χ4n) is 2.02. The van der Waals surface area contributed by atoms with Gasteiger partial charge in [-0.25, -0.2) is 0 Å². The van der Waals surface area contributed by atoms with E-state index >= 15 is 0 Å². The Kier molecular flexibility index (Phi) is 3.92. The first-order valence-corrected chi connectivity index (χ1v) is 5.06. The maximum Gasteiger partial charge on any atom is -0.00773 e. The highest BCUT2D eigenvalue weighted by molar-refractivity contribution is 4.78. The van der Waals surface area contributed by atoms with Crippen LogP contribution in [0.25, 0.3) is 0 Å². The first-order valence-electron chi connectivity index (χ1n) is 5.06. The zero-order chi connectivity index (χ0) is 8.10. The van der Waals surface area contributed by atoms with Gasteiger partial charge in [0.1, 0.15) is 0 Å². The molecule has 11 heavy (non-hydrogen) atoms. The second kappa shape index (κ2) is 4.76. The van der Waals surface area contributed by atoms with E-state index in [0.29, 0.717) is 0 Å². The Morgan fingerprint density at radius 2 is 1.91 bits per heavy atom. The minimum Gasteiger partial charge on any atom is -0.330 e. The number of unbranched alkanes of at least 4 members (excludes halogenated alkanes) is 1. The van der Waals surface area contributed by atoms with Gasteiger partial charge in [-0.3, -0.25) is 0 Å². The number of hydrogen-bond donors (Lipinski definition) is 1. The summed E-state index contributed by atoms with van der Waals surface area (Å²) in [5.41, 5.74) is 5.43. The number of hydrogen-bond acceptors (Lipinski definition) is 1. The van der Waals surface area contributed by atoms with Crippen LogP contribution in [0.15, 0.2) is 0 Å². The van der Waals surface area contributed by atoms with Gasteiger partial charge in [0.15, 0.2) is 0 Å². The van der Waals surface area contributed by atoms with Crippen molar-refractivity contribution in [1.82, 2.24) is 0 Å². The Morgan fingerprint density at radius 3 is 2.45 bits per heavy atom. The van der Waals surface area contributed by atoms with Gasteiger partial charge in [0.05, 0.1) is 0 Å². The van der Waals surface area contributed by atoms with E-state index in [9.17, 15) is 0 Å². The van der Waals surface area contributed by atoms with Crippen molar-refractivity contribution in [3.8, 4) is 0 Å². The maximum absolute atomic E-state index is 5.43. The molecule has 0 heterocycles. The van der Waals surface area contributed by atoms with Crippen molar-refractivity contribution in [3.05, 3.63) is 0 Å². The third-order valence-electron chi connectivity index (χ3n) is 2.98. The molecule has 1 saturated carbocycles. The van der Waals surface area contributed by atoms with Crippen LogP contribution in [-0.2, 0) is 0 Å². The summed E-state index contributed by atoms with van der Waals surface area (Å²) < 4.78 is 0. The van der Waals surface area contributed by atoms with Crippen molar-refractivity contribution in [2.45, 2.75) is 45.4 Å². The predicted molar refractivity (Wildman–Crippen MR) is 49.4 cm³/mol. The van der Waals surface area contributed by atoms with Crippen LogP contribution in [0, 0.1) is 11.8 Å². The topological polar surface area (TPSA) is 26.0 Å². The largest absolute Gasteiger partial charge is 0.330 e. The molecule has 2 N–H and O–H groups in total. The van der Waals surface area contributed by atoms with Gasteiger partial charge in [0.25, 0.3) is 0 Å². The van der Waals surface area contributed by atoms with Gasteiger partial charge in [0.2, 0.25) is 0 Å². The lowest BCUT2D eigenvalue weighted by molar-refractivity contribution is 0.173. The fourth-order valence-corrected chi connectivity index (χ4v) is 2.02. The third kappa shape index (κ3) is 2.82. The molecule has 0 radical (unpaired) electrons. The Morgan fingerprint density at radius 1 is 1.18 bits per heavy atom. The van der Waals surface area contributed by atoms with E-state index in [2.05, 4.69) is 6.92 Å². The third-order valence-corrected chi connectivity index (χ3v) is 2.98. The van der Waals surface area contributed by atoms with E-state index < -0.39 is 0 Å². The molecule has 0 aromatic carbocycles. The molecule has 0 aliphatic heterocycles. The van der Waals surface area contributed by atoms with Crippen LogP contribution in [0.1, 0.15) is 45.4 Å². The van der Waals surface area contributed by atoms with E-state index in [1.165, 1.54) is 38.5 Å². The van der Waals surface area contributed by atoms with Crippen molar-refractivity contribution in [2.24, 2.45) is 17.6 Å². The first kappa shape index (κ1) is 9.05. The standard InChI is InChI=1S/C10H21N/c1-2-9-7-10(8-9)5-3-4-6-11/h9-10H,2-8,11H2,1H3. The second-order valence-corrected chi connectivity index (χ2v) is 3.90. The van der Waals surface area contributed by atoms with Gasteiger partial charge >= 0.3 is 0 Å². The normalized spacial score (nSPS) is 30.0. The quantitative estimate of drug-likeness (QED) is 0.607. The Bertz CT molecular complexity index is 95.0. The molecule has 1 rings (SSSR count). The molecule has 0 unspecified atom stereocenters. The monoisotopic (exact) mass is 155 g/mol. The summed E-state index contributed by atoms with van der Waals surface area (Å²) in [5, 5.41) is 0. The van der Waals surface area contributed by atoms with Crippen LogP contribution in [-0.4, -0.2) is 6.54 Å². The molecule has 1 fully saturated rings. The van der Waals surface area contributed by atoms with E-state index in [0.717, 1.165) is 18.4 Å². The molecule has 1 aliphatic rings. The number of nitrogens with two attached hydrogens (primary N) is 1. The van der Waals surface area contributed by atoms with Crippen molar-refractivity contribution in [2.75, 3.05) is 6.54 Å². The molecule has 0 aromatic rings. The lowest BCUT2D eigenvalue weighted by atomic mass is 9.71. The van der Waals surface area contributed by atoms with E-state index in [1.807, 2.05) is 0 Å². The van der Waals surface area contributed by atoms with Crippen molar-refractivity contribution in [1.29, 1.82) is 0 Å². The smallest absolute Gasteiger partial charge is 0.00773 e. The minimum atomic E-state index is 0.879. The first-order chi connectivity index (χ1) is 5.36. The van der Waals surface area contributed by atoms with Gasteiger partial charge in [0, 0.05) is 0 Å². The van der Waals surface area contributed by atoms with Gasteiger partial charge in [-0.05, 0) is 37.6 Å². The molecular weight excluding hydrogens is 134 g/mol. The second-order valence-electron chi connectivity index (χ2n) is 3.90. The molecule has 1 heteroatoms. The summed E-state index contributed by atoms with van der Waals surface area (Å²) in [6, 6.07) is 0. The Labute approximate surface area is 70.4 Å². The van der Waals surface area contributed by atoms with Crippen molar-refractivity contribution < 1.29 is 0 Å². The molecule has 1 nitrogen and oxygen atoms in total. The Balaban J connectivity index is 1.88. The van der Waals surface area contributed by atoms with Crippen LogP contribution >= 0.6 is 0 Å². The average molecular weight is 155 g/mol. The number of rotatable bonds is 5. The van der Waals surface area contributed by atoms with Crippen molar-refractivity contribution in [3.63, 3.8) is 0 Å². The molecule has 0 bridgehead atoms. The molecule has 0 amide bonds. The zero-order valence-corrected chi connectivity index (χ0v) is 7.68. The lowest BCUT2D eigenvalue weighted by Crippen LogP contribution is -2.22. The van der Waals surface area contributed by atoms with Gasteiger partial charge in [-0.1, -0.05) is 26.2 Å². The minimum absolute atomic E-state index is 0.879. The fraction of sp³-hybridized carbons (Fsp3) is 1.00. The van der Waals surface area contributed by atoms with Gasteiger partial charge < -0.3 is 5.73 Å². The van der Waals surface area contributed by atoms with Crippen LogP contribution in [0.5, 0.6) is 0 Å². The highest BCUT2D eigenvalue weighted by Crippen LogP contribution is 2.38. The van der Waals surface area contributed by atoms with Crippen LogP contribution in [0.3, 0.4) is 0 Å². The van der Waals surface area contributed by atoms with E-state index in [-0.39, 0.29) is 0 Å². The highest BCUT2D eigenvalue weighted by atomic mass is 14.5. The average Bonchev–Trinajstić information content (AvgIpc) is 1.94. The van der Waals surface area contributed by atoms with Gasteiger partial charge in [-0.2, -0.15) is 0 Å². The maximum atomic E-state index is 5.43. The lowest BCUT2D eigenvalue weighted by Gasteiger charge is -2.34. The van der Waals surface area contributed by atoms with Crippen molar-refractivity contribution >= 4 is 0 Å². The molecule has 0 saturated heterocycles. The molecule has 1 aliphatic carbocycles. The Hall–Kier alpha value is -0.0400. The summed E-state index contributed by atoms with van der Waals surface area (Å²) in [4.78, 5) is 0. The SMILES string of the molecule is CCC1CC(CCCCN)C1. The molecular formula is C10H21N. The molecule has 0 atom stereocenters. The van der Waals surface area contributed by atoms with E-state index in [4.69, 9.17) is 5.73 Å². The molecule has 0 aromatic heterocycles. The van der Waals surface area contributed by atoms with Crippen LogP contribution in [0.4, 0.5) is 0 Å². The summed E-state index contributed by atoms with van der Waals surface area (Å²) in [6.07, 6.45) is 8.42. The van der Waals surface area contributed by atoms with Crippen LogP contribution in [0.2, 0.25) is 0 Å². The molecule has 66 valence electrons. The summed E-state index contributed by atoms with van der Waals surface area (Å²) >= 11 is 0. The van der Waals surface area contributed by atoms with Gasteiger partial charge in [-0.15, -0.1) is 0 Å². The highest BCUT2D eigenvalue weighted by Gasteiger charge is 2.26. The van der Waals surface area contributed by atoms with E-state index in [1.54, 1.807) is 0 Å². The van der Waals surface area contributed by atoms with Crippen LogP contribution < -0.4 is 5.73 Å². The summed E-state index contributed by atoms with van der Waals surface area (Å²) in [6.45, 7) is 3.19. The summed E-state index contributed by atoms with van der Waals surface area (Å²) in [5.74, 6) is 2.13. The predicted octanol–water partition coefficient (Wildman–Crippen LogP) is 2.55.